The molecule has 4 heteroatoms. The first kappa shape index (κ1) is 13.0. The maximum atomic E-state index is 10.9. The lowest BCUT2D eigenvalue weighted by Crippen LogP contribution is -2.01. The van der Waals surface area contributed by atoms with Crippen LogP contribution < -0.4 is 9.47 Å². The Labute approximate surface area is 111 Å². The fourth-order valence-corrected chi connectivity index (χ4v) is 1.66. The lowest BCUT2D eigenvalue weighted by Gasteiger charge is -2.11. The average Bonchev–Trinajstić information content (AvgIpc) is 2.45. The normalized spacial score (nSPS) is 9.95. The molecule has 98 valence electrons. The Bertz CT molecular complexity index is 564. The SMILES string of the molecule is COc1ccc(C(=O)O)cc1OCc1ccccc1. The molecule has 0 radical (unpaired) electrons. The third-order valence-corrected chi connectivity index (χ3v) is 2.65. The fourth-order valence-electron chi connectivity index (χ4n) is 1.66. The molecule has 0 amide bonds. The molecule has 19 heavy (non-hydrogen) atoms. The Morgan fingerprint density at radius 3 is 2.47 bits per heavy atom. The smallest absolute Gasteiger partial charge is 0.335 e. The van der Waals surface area contributed by atoms with Crippen LogP contribution in [0, 0.1) is 0 Å². The second-order valence-electron chi connectivity index (χ2n) is 3.95. The quantitative estimate of drug-likeness (QED) is 0.895. The van der Waals surface area contributed by atoms with Gasteiger partial charge in [0.1, 0.15) is 6.61 Å². The molecule has 0 bridgehead atoms. The molecule has 0 aromatic heterocycles. The van der Waals surface area contributed by atoms with Crippen molar-refractivity contribution in [2.75, 3.05) is 7.11 Å². The highest BCUT2D eigenvalue weighted by atomic mass is 16.5. The van der Waals surface area contributed by atoms with E-state index in [0.717, 1.165) is 5.56 Å². The molecule has 0 aliphatic heterocycles. The molecule has 2 rings (SSSR count). The molecule has 0 unspecified atom stereocenters. The van der Waals surface area contributed by atoms with Gasteiger partial charge in [-0.15, -0.1) is 0 Å². The van der Waals surface area contributed by atoms with Crippen LogP contribution in [0.2, 0.25) is 0 Å². The first-order valence-corrected chi connectivity index (χ1v) is 5.79. The first-order chi connectivity index (χ1) is 9.20. The van der Waals surface area contributed by atoms with Gasteiger partial charge in [-0.2, -0.15) is 0 Å². The van der Waals surface area contributed by atoms with Crippen LogP contribution in [0.25, 0.3) is 0 Å². The van der Waals surface area contributed by atoms with Crippen molar-refractivity contribution in [1.82, 2.24) is 0 Å². The van der Waals surface area contributed by atoms with Crippen LogP contribution in [0.5, 0.6) is 11.5 Å². The average molecular weight is 258 g/mol. The molecule has 0 heterocycles. The highest BCUT2D eigenvalue weighted by Crippen LogP contribution is 2.28. The molecular weight excluding hydrogens is 244 g/mol. The van der Waals surface area contributed by atoms with E-state index in [1.807, 2.05) is 30.3 Å². The maximum absolute atomic E-state index is 10.9. The highest BCUT2D eigenvalue weighted by Gasteiger charge is 2.10. The van der Waals surface area contributed by atoms with Crippen molar-refractivity contribution in [2.45, 2.75) is 6.61 Å². The number of hydrogen-bond acceptors (Lipinski definition) is 3. The number of aromatic carboxylic acids is 1. The van der Waals surface area contributed by atoms with Crippen molar-refractivity contribution in [2.24, 2.45) is 0 Å². The van der Waals surface area contributed by atoms with E-state index in [0.29, 0.717) is 18.1 Å². The van der Waals surface area contributed by atoms with Gasteiger partial charge in [0.05, 0.1) is 12.7 Å². The van der Waals surface area contributed by atoms with Crippen molar-refractivity contribution < 1.29 is 19.4 Å². The van der Waals surface area contributed by atoms with E-state index in [4.69, 9.17) is 14.6 Å². The summed E-state index contributed by atoms with van der Waals surface area (Å²) in [6.07, 6.45) is 0. The van der Waals surface area contributed by atoms with Gasteiger partial charge in [0.25, 0.3) is 0 Å². The summed E-state index contributed by atoms with van der Waals surface area (Å²) in [6.45, 7) is 0.361. The zero-order valence-corrected chi connectivity index (χ0v) is 10.5. The molecule has 1 N–H and O–H groups in total. The van der Waals surface area contributed by atoms with Crippen molar-refractivity contribution in [3.8, 4) is 11.5 Å². The lowest BCUT2D eigenvalue weighted by atomic mass is 10.2. The van der Waals surface area contributed by atoms with Gasteiger partial charge in [-0.3, -0.25) is 0 Å². The van der Waals surface area contributed by atoms with Gasteiger partial charge in [0.2, 0.25) is 0 Å². The third kappa shape index (κ3) is 3.25. The number of carboxylic acid groups (broad SMARTS) is 1. The second-order valence-corrected chi connectivity index (χ2v) is 3.95. The summed E-state index contributed by atoms with van der Waals surface area (Å²) in [4.78, 5) is 10.9. The van der Waals surface area contributed by atoms with Crippen molar-refractivity contribution in [3.63, 3.8) is 0 Å². The third-order valence-electron chi connectivity index (χ3n) is 2.65. The number of carboxylic acids is 1. The monoisotopic (exact) mass is 258 g/mol. The number of ether oxygens (including phenoxy) is 2. The number of methoxy groups -OCH3 is 1. The summed E-state index contributed by atoms with van der Waals surface area (Å²) in [6, 6.07) is 14.2. The Kier molecular flexibility index (Phi) is 4.03. The zero-order valence-electron chi connectivity index (χ0n) is 10.5. The molecule has 0 fully saturated rings. The maximum Gasteiger partial charge on any atom is 0.335 e. The predicted octanol–water partition coefficient (Wildman–Crippen LogP) is 2.97. The van der Waals surface area contributed by atoms with Gasteiger partial charge < -0.3 is 14.6 Å². The van der Waals surface area contributed by atoms with E-state index in [2.05, 4.69) is 0 Å². The molecule has 2 aromatic carbocycles. The Morgan fingerprint density at radius 1 is 1.11 bits per heavy atom. The number of hydrogen-bond donors (Lipinski definition) is 1. The number of benzene rings is 2. The summed E-state index contributed by atoms with van der Waals surface area (Å²) < 4.78 is 10.8. The topological polar surface area (TPSA) is 55.8 Å². The van der Waals surface area contributed by atoms with Gasteiger partial charge >= 0.3 is 5.97 Å². The number of rotatable bonds is 5. The molecule has 0 aliphatic rings. The van der Waals surface area contributed by atoms with Gasteiger partial charge in [-0.05, 0) is 23.8 Å². The van der Waals surface area contributed by atoms with E-state index in [9.17, 15) is 4.79 Å². The standard InChI is InChI=1S/C15H14O4/c1-18-13-8-7-12(15(16)17)9-14(13)19-10-11-5-3-2-4-6-11/h2-9H,10H2,1H3,(H,16,17). The summed E-state index contributed by atoms with van der Waals surface area (Å²) in [5, 5.41) is 8.96. The molecule has 0 saturated heterocycles. The van der Waals surface area contributed by atoms with Gasteiger partial charge in [-0.1, -0.05) is 30.3 Å². The van der Waals surface area contributed by atoms with E-state index in [1.54, 1.807) is 6.07 Å². The Morgan fingerprint density at radius 2 is 1.84 bits per heavy atom. The van der Waals surface area contributed by atoms with Crippen LogP contribution in [0.1, 0.15) is 15.9 Å². The molecule has 2 aromatic rings. The summed E-state index contributed by atoms with van der Waals surface area (Å²) in [5.41, 5.74) is 1.18. The fraction of sp³-hybridized carbons (Fsp3) is 0.133. The van der Waals surface area contributed by atoms with Crippen LogP contribution >= 0.6 is 0 Å². The minimum atomic E-state index is -0.993. The molecule has 0 atom stereocenters. The van der Waals surface area contributed by atoms with Crippen molar-refractivity contribution in [3.05, 3.63) is 59.7 Å². The summed E-state index contributed by atoms with van der Waals surface area (Å²) >= 11 is 0. The van der Waals surface area contributed by atoms with E-state index in [-0.39, 0.29) is 5.56 Å². The first-order valence-electron chi connectivity index (χ1n) is 5.79. The largest absolute Gasteiger partial charge is 0.493 e. The Hall–Kier alpha value is -2.49. The van der Waals surface area contributed by atoms with E-state index in [1.165, 1.54) is 19.2 Å². The molecular formula is C15H14O4. The molecule has 0 spiro atoms. The predicted molar refractivity (Wildman–Crippen MR) is 70.7 cm³/mol. The van der Waals surface area contributed by atoms with Crippen molar-refractivity contribution >= 4 is 5.97 Å². The van der Waals surface area contributed by atoms with Crippen LogP contribution in [0.4, 0.5) is 0 Å². The molecule has 0 saturated carbocycles. The molecule has 4 nitrogen and oxygen atoms in total. The minimum absolute atomic E-state index is 0.170. The zero-order chi connectivity index (χ0) is 13.7. The van der Waals surface area contributed by atoms with Crippen LogP contribution in [-0.2, 0) is 6.61 Å². The van der Waals surface area contributed by atoms with Crippen LogP contribution in [0.15, 0.2) is 48.5 Å². The summed E-state index contributed by atoms with van der Waals surface area (Å²) in [5.74, 6) is -0.0561. The van der Waals surface area contributed by atoms with Crippen LogP contribution in [-0.4, -0.2) is 18.2 Å². The summed E-state index contributed by atoms with van der Waals surface area (Å²) in [7, 11) is 1.52. The highest BCUT2D eigenvalue weighted by molar-refractivity contribution is 5.88. The molecule has 0 aliphatic carbocycles. The van der Waals surface area contributed by atoms with Crippen LogP contribution in [0.3, 0.4) is 0 Å². The minimum Gasteiger partial charge on any atom is -0.493 e. The van der Waals surface area contributed by atoms with Gasteiger partial charge in [0.15, 0.2) is 11.5 Å². The van der Waals surface area contributed by atoms with Crippen molar-refractivity contribution in [1.29, 1.82) is 0 Å². The lowest BCUT2D eigenvalue weighted by molar-refractivity contribution is 0.0696. The second kappa shape index (κ2) is 5.91. The number of carbonyl (C=O) groups is 1. The Balaban J connectivity index is 2.18. The van der Waals surface area contributed by atoms with E-state index >= 15 is 0 Å². The van der Waals surface area contributed by atoms with Gasteiger partial charge in [-0.25, -0.2) is 4.79 Å². The van der Waals surface area contributed by atoms with E-state index < -0.39 is 5.97 Å². The van der Waals surface area contributed by atoms with Gasteiger partial charge in [0, 0.05) is 0 Å².